The number of hydrogen-bond acceptors (Lipinski definition) is 6. The van der Waals surface area contributed by atoms with Crippen LogP contribution in [0.2, 0.25) is 0 Å². The minimum atomic E-state index is -3.71. The van der Waals surface area contributed by atoms with Gasteiger partial charge in [0.1, 0.15) is 0 Å². The number of nitrogens with one attached hydrogen (secondary N) is 2. The smallest absolute Gasteiger partial charge is 0.260 e. The van der Waals surface area contributed by atoms with Crippen molar-refractivity contribution in [1.29, 1.82) is 0 Å². The molecule has 0 spiro atoms. The first kappa shape index (κ1) is 14.5. The zero-order chi connectivity index (χ0) is 14.6. The number of nitrogens with zero attached hydrogens (tertiary/aromatic N) is 2. The Kier molecular flexibility index (Phi) is 4.35. The maximum Gasteiger partial charge on any atom is 0.260 e. The lowest BCUT2D eigenvalue weighted by atomic mass is 10.4. The molecular formula is C12H16N4O3S. The second-order valence-electron chi connectivity index (χ2n) is 4.15. The highest BCUT2D eigenvalue weighted by atomic mass is 32.2. The van der Waals surface area contributed by atoms with Crippen LogP contribution in [0.5, 0.6) is 0 Å². The predicted molar refractivity (Wildman–Crippen MR) is 73.7 cm³/mol. The fraction of sp³-hybridized carbons (Fsp3) is 0.333. The van der Waals surface area contributed by atoms with Gasteiger partial charge in [-0.15, -0.1) is 0 Å². The van der Waals surface area contributed by atoms with E-state index in [0.717, 1.165) is 0 Å². The Balaban J connectivity index is 2.18. The molecule has 2 rings (SSSR count). The quantitative estimate of drug-likeness (QED) is 0.833. The lowest BCUT2D eigenvalue weighted by molar-refractivity contribution is 0.377. The highest BCUT2D eigenvalue weighted by Crippen LogP contribution is 2.17. The molecule has 0 saturated carbocycles. The van der Waals surface area contributed by atoms with Crippen LogP contribution < -0.4 is 10.0 Å². The van der Waals surface area contributed by atoms with Crippen molar-refractivity contribution in [1.82, 2.24) is 14.9 Å². The summed E-state index contributed by atoms with van der Waals surface area (Å²) in [6.45, 7) is 4.29. The summed E-state index contributed by atoms with van der Waals surface area (Å²) in [4.78, 5) is 3.93. The Morgan fingerprint density at radius 1 is 1.40 bits per heavy atom. The Morgan fingerprint density at radius 2 is 2.20 bits per heavy atom. The highest BCUT2D eigenvalue weighted by Gasteiger charge is 2.20. The van der Waals surface area contributed by atoms with Crippen LogP contribution in [0.1, 0.15) is 18.4 Å². The first-order chi connectivity index (χ1) is 9.53. The molecule has 2 aromatic heterocycles. The van der Waals surface area contributed by atoms with E-state index in [0.29, 0.717) is 23.7 Å². The van der Waals surface area contributed by atoms with Gasteiger partial charge in [0.25, 0.3) is 10.0 Å². The number of hydrogen-bond donors (Lipinski definition) is 2. The van der Waals surface area contributed by atoms with Crippen molar-refractivity contribution in [2.75, 3.05) is 11.9 Å². The van der Waals surface area contributed by atoms with Gasteiger partial charge in [0.2, 0.25) is 0 Å². The van der Waals surface area contributed by atoms with Gasteiger partial charge in [-0.05, 0) is 26.0 Å². The van der Waals surface area contributed by atoms with Crippen LogP contribution in [-0.2, 0) is 16.6 Å². The van der Waals surface area contributed by atoms with Gasteiger partial charge in [-0.3, -0.25) is 0 Å². The van der Waals surface area contributed by atoms with E-state index in [1.165, 1.54) is 6.20 Å². The molecule has 0 atom stereocenters. The van der Waals surface area contributed by atoms with Gasteiger partial charge in [-0.2, -0.15) is 0 Å². The molecule has 0 aliphatic heterocycles. The summed E-state index contributed by atoms with van der Waals surface area (Å²) in [6, 6.07) is 5.02. The number of aryl methyl sites for hydroxylation is 1. The van der Waals surface area contributed by atoms with E-state index in [1.54, 1.807) is 25.1 Å². The highest BCUT2D eigenvalue weighted by molar-refractivity contribution is 7.89. The van der Waals surface area contributed by atoms with Gasteiger partial charge < -0.3 is 9.84 Å². The average Bonchev–Trinajstić information content (AvgIpc) is 2.83. The molecule has 2 heterocycles. The van der Waals surface area contributed by atoms with E-state index in [2.05, 4.69) is 20.2 Å². The predicted octanol–water partition coefficient (Wildman–Crippen LogP) is 1.29. The average molecular weight is 296 g/mol. The second kappa shape index (κ2) is 6.02. The molecule has 108 valence electrons. The summed E-state index contributed by atoms with van der Waals surface area (Å²) in [6.07, 6.45) is 1.44. The van der Waals surface area contributed by atoms with Crippen LogP contribution in [0, 0.1) is 6.92 Å². The summed E-state index contributed by atoms with van der Waals surface area (Å²) < 4.78 is 31.9. The fourth-order valence-electron chi connectivity index (χ4n) is 1.66. The molecular weight excluding hydrogens is 280 g/mol. The first-order valence-electron chi connectivity index (χ1n) is 6.13. The summed E-state index contributed by atoms with van der Waals surface area (Å²) in [5.74, 6) is 0.451. The van der Waals surface area contributed by atoms with E-state index < -0.39 is 10.0 Å². The van der Waals surface area contributed by atoms with E-state index in [9.17, 15) is 8.42 Å². The first-order valence-corrected chi connectivity index (χ1v) is 7.62. The SMILES string of the molecule is CCNc1cccnc1S(=O)(=O)NCc1cc(C)no1. The van der Waals surface area contributed by atoms with Crippen molar-refractivity contribution >= 4 is 15.7 Å². The standard InChI is InChI=1S/C12H16N4O3S/c1-3-13-11-5-4-6-14-12(11)20(17,18)15-8-10-7-9(2)16-19-10/h4-7,13,15H,3,8H2,1-2H3. The topological polar surface area (TPSA) is 97.1 Å². The molecule has 0 fully saturated rings. The van der Waals surface area contributed by atoms with Crippen molar-refractivity contribution in [2.45, 2.75) is 25.4 Å². The van der Waals surface area contributed by atoms with Gasteiger partial charge in [0.15, 0.2) is 10.8 Å². The van der Waals surface area contributed by atoms with E-state index >= 15 is 0 Å². The number of sulfonamides is 1. The molecule has 0 aromatic carbocycles. The zero-order valence-electron chi connectivity index (χ0n) is 11.3. The minimum Gasteiger partial charge on any atom is -0.383 e. The number of aromatic nitrogens is 2. The fourth-order valence-corrected chi connectivity index (χ4v) is 2.76. The maximum atomic E-state index is 12.2. The molecule has 0 unspecified atom stereocenters. The van der Waals surface area contributed by atoms with Crippen molar-refractivity contribution in [3.05, 3.63) is 35.9 Å². The number of pyridine rings is 1. The van der Waals surface area contributed by atoms with Gasteiger partial charge in [-0.1, -0.05) is 5.16 Å². The summed E-state index contributed by atoms with van der Waals surface area (Å²) in [7, 11) is -3.71. The Labute approximate surface area is 117 Å². The lowest BCUT2D eigenvalue weighted by Gasteiger charge is -2.10. The van der Waals surface area contributed by atoms with Crippen LogP contribution in [0.3, 0.4) is 0 Å². The third-order valence-corrected chi connectivity index (χ3v) is 3.86. The van der Waals surface area contributed by atoms with E-state index in [-0.39, 0.29) is 11.6 Å². The molecule has 0 radical (unpaired) electrons. The van der Waals surface area contributed by atoms with E-state index in [4.69, 9.17) is 4.52 Å². The molecule has 0 saturated heterocycles. The summed E-state index contributed by atoms with van der Waals surface area (Å²) >= 11 is 0. The number of rotatable bonds is 6. The molecule has 0 aliphatic carbocycles. The minimum absolute atomic E-state index is 0.0295. The Hall–Kier alpha value is -1.93. The lowest BCUT2D eigenvalue weighted by Crippen LogP contribution is -2.25. The van der Waals surface area contributed by atoms with Crippen LogP contribution in [0.25, 0.3) is 0 Å². The van der Waals surface area contributed by atoms with Crippen molar-refractivity contribution in [3.63, 3.8) is 0 Å². The summed E-state index contributed by atoms with van der Waals surface area (Å²) in [5, 5.41) is 6.64. The molecule has 8 heteroatoms. The van der Waals surface area contributed by atoms with Crippen LogP contribution in [0.4, 0.5) is 5.69 Å². The van der Waals surface area contributed by atoms with Gasteiger partial charge in [0.05, 0.1) is 17.9 Å². The third kappa shape index (κ3) is 3.34. The third-order valence-electron chi connectivity index (χ3n) is 2.51. The van der Waals surface area contributed by atoms with Gasteiger partial charge in [-0.25, -0.2) is 18.1 Å². The monoisotopic (exact) mass is 296 g/mol. The molecule has 0 aliphatic rings. The molecule has 7 nitrogen and oxygen atoms in total. The van der Waals surface area contributed by atoms with Crippen molar-refractivity contribution < 1.29 is 12.9 Å². The van der Waals surface area contributed by atoms with Gasteiger partial charge in [0, 0.05) is 18.8 Å². The molecule has 0 amide bonds. The Bertz CT molecular complexity index is 682. The van der Waals surface area contributed by atoms with Gasteiger partial charge >= 0.3 is 0 Å². The van der Waals surface area contributed by atoms with Crippen LogP contribution in [-0.4, -0.2) is 25.1 Å². The van der Waals surface area contributed by atoms with Crippen molar-refractivity contribution in [2.24, 2.45) is 0 Å². The normalized spacial score (nSPS) is 11.5. The maximum absolute atomic E-state index is 12.2. The van der Waals surface area contributed by atoms with Crippen molar-refractivity contribution in [3.8, 4) is 0 Å². The summed E-state index contributed by atoms with van der Waals surface area (Å²) in [5.41, 5.74) is 1.17. The molecule has 2 aromatic rings. The largest absolute Gasteiger partial charge is 0.383 e. The van der Waals surface area contributed by atoms with Crippen LogP contribution >= 0.6 is 0 Å². The molecule has 20 heavy (non-hydrogen) atoms. The molecule has 0 bridgehead atoms. The van der Waals surface area contributed by atoms with E-state index in [1.807, 2.05) is 6.92 Å². The number of anilines is 1. The van der Waals surface area contributed by atoms with Crippen LogP contribution in [0.15, 0.2) is 33.9 Å². The molecule has 2 N–H and O–H groups in total. The zero-order valence-corrected chi connectivity index (χ0v) is 12.1. The second-order valence-corrected chi connectivity index (χ2v) is 5.83. The Morgan fingerprint density at radius 3 is 2.85 bits per heavy atom.